The number of morpholine rings is 1. The summed E-state index contributed by atoms with van der Waals surface area (Å²) in [5, 5.41) is -0.706. The summed E-state index contributed by atoms with van der Waals surface area (Å²) in [6.45, 7) is 7.47. The summed E-state index contributed by atoms with van der Waals surface area (Å²) in [5.41, 5.74) is -0.0802. The highest BCUT2D eigenvalue weighted by Crippen LogP contribution is 2.54. The summed E-state index contributed by atoms with van der Waals surface area (Å²) in [6.07, 6.45) is -4.79. The van der Waals surface area contributed by atoms with Crippen molar-refractivity contribution < 1.29 is 32.3 Å². The Morgan fingerprint density at radius 1 is 0.955 bits per heavy atom. The van der Waals surface area contributed by atoms with Crippen LogP contribution in [0.15, 0.2) is 58.4 Å². The summed E-state index contributed by atoms with van der Waals surface area (Å²) in [5.74, 6) is -3.64. The molecule has 3 amide bonds. The molecule has 3 aliphatic heterocycles. The first-order chi connectivity index (χ1) is 20.8. The van der Waals surface area contributed by atoms with E-state index in [0.717, 1.165) is 40.8 Å². The Labute approximate surface area is 259 Å². The van der Waals surface area contributed by atoms with Crippen LogP contribution in [0, 0.1) is 5.92 Å². The molecule has 44 heavy (non-hydrogen) atoms. The van der Waals surface area contributed by atoms with E-state index in [-0.39, 0.29) is 17.9 Å². The molecule has 6 rings (SSSR count). The molecule has 0 saturated carbocycles. The first-order valence-corrected chi connectivity index (χ1v) is 15.9. The van der Waals surface area contributed by atoms with Crippen LogP contribution in [0.4, 0.5) is 18.9 Å². The second-order valence-corrected chi connectivity index (χ2v) is 14.2. The highest BCUT2D eigenvalue weighted by molar-refractivity contribution is 8.00. The Hall–Kier alpha value is -3.42. The number of imide groups is 1. The number of anilines is 1. The van der Waals surface area contributed by atoms with Gasteiger partial charge >= 0.3 is 11.0 Å². The largest absolute Gasteiger partial charge is 0.418 e. The van der Waals surface area contributed by atoms with Crippen LogP contribution in [-0.4, -0.2) is 58.7 Å². The van der Waals surface area contributed by atoms with E-state index < -0.39 is 51.2 Å². The zero-order chi connectivity index (χ0) is 31.6. The average molecular weight is 646 g/mol. The van der Waals surface area contributed by atoms with Crippen molar-refractivity contribution >= 4 is 46.5 Å². The van der Waals surface area contributed by atoms with Crippen molar-refractivity contribution in [1.82, 2.24) is 9.47 Å². The molecule has 2 fully saturated rings. The standard InChI is InChI=1S/C31H30F3N3O5S2/c1-30(2,3)18-10-8-17(9-11-18)22-23-24(27(40)37(26(23)39)20-7-5-4-6-19(20)31(32,33)34)43-28-25(22)44-29(41)36(28)16-21(38)35-12-14-42-15-13-35/h4-11,22-24H,12-16H2,1-3H3/t22-,23-,24+/m0/s1. The first kappa shape index (κ1) is 30.6. The number of rotatable bonds is 4. The van der Waals surface area contributed by atoms with Gasteiger partial charge in [-0.2, -0.15) is 13.2 Å². The minimum Gasteiger partial charge on any atom is -0.378 e. The van der Waals surface area contributed by atoms with Gasteiger partial charge in [0.25, 0.3) is 0 Å². The maximum Gasteiger partial charge on any atom is 0.418 e. The molecule has 4 heterocycles. The van der Waals surface area contributed by atoms with E-state index in [0.29, 0.717) is 46.7 Å². The van der Waals surface area contributed by atoms with Gasteiger partial charge in [-0.15, -0.1) is 0 Å². The molecule has 0 radical (unpaired) electrons. The average Bonchev–Trinajstić information content (AvgIpc) is 3.42. The molecule has 1 aromatic heterocycles. The fraction of sp³-hybridized carbons (Fsp3) is 0.419. The SMILES string of the molecule is CC(C)(C)c1ccc([C@@H]2c3sc(=O)n(CC(=O)N4CCOCC4)c3S[C@H]3C(=O)N(c4ccccc4C(F)(F)F)C(=O)[C@@H]23)cc1. The van der Waals surface area contributed by atoms with Crippen molar-refractivity contribution in [2.75, 3.05) is 31.2 Å². The minimum atomic E-state index is -4.79. The predicted octanol–water partition coefficient (Wildman–Crippen LogP) is 4.88. The molecule has 2 saturated heterocycles. The highest BCUT2D eigenvalue weighted by atomic mass is 32.2. The number of alkyl halides is 3. The number of hydrogen-bond acceptors (Lipinski definition) is 7. The van der Waals surface area contributed by atoms with Crippen molar-refractivity contribution in [3.05, 3.63) is 79.8 Å². The van der Waals surface area contributed by atoms with E-state index in [9.17, 15) is 32.3 Å². The lowest BCUT2D eigenvalue weighted by Crippen LogP contribution is -2.43. The molecular formula is C31H30F3N3O5S2. The van der Waals surface area contributed by atoms with Crippen LogP contribution in [0.25, 0.3) is 0 Å². The van der Waals surface area contributed by atoms with Gasteiger partial charge in [0.15, 0.2) is 0 Å². The number of amides is 3. The number of carbonyl (C=O) groups is 3. The first-order valence-electron chi connectivity index (χ1n) is 14.2. The Morgan fingerprint density at radius 2 is 1.61 bits per heavy atom. The van der Waals surface area contributed by atoms with Crippen LogP contribution >= 0.6 is 23.1 Å². The number of para-hydroxylation sites is 1. The number of hydrogen-bond donors (Lipinski definition) is 0. The van der Waals surface area contributed by atoms with Crippen molar-refractivity contribution in [3.63, 3.8) is 0 Å². The lowest BCUT2D eigenvalue weighted by Gasteiger charge is -2.31. The number of thiazole rings is 1. The van der Waals surface area contributed by atoms with E-state index >= 15 is 0 Å². The fourth-order valence-electron chi connectivity index (χ4n) is 6.00. The van der Waals surface area contributed by atoms with Crippen LogP contribution in [0.1, 0.15) is 48.3 Å². The maximum absolute atomic E-state index is 14.1. The second kappa shape index (κ2) is 11.2. The summed E-state index contributed by atoms with van der Waals surface area (Å²) in [6, 6.07) is 12.1. The van der Waals surface area contributed by atoms with Crippen LogP contribution in [-0.2, 0) is 37.3 Å². The van der Waals surface area contributed by atoms with Crippen LogP contribution in [0.2, 0.25) is 0 Å². The van der Waals surface area contributed by atoms with Gasteiger partial charge in [-0.1, -0.05) is 80.3 Å². The third-order valence-electron chi connectivity index (χ3n) is 8.29. The normalized spacial score (nSPS) is 22.3. The molecule has 0 N–H and O–H groups in total. The number of fused-ring (bicyclic) bond motifs is 2. The molecule has 3 aromatic rings. The number of benzene rings is 2. The van der Waals surface area contributed by atoms with Crippen LogP contribution < -0.4 is 9.77 Å². The second-order valence-electron chi connectivity index (χ2n) is 12.1. The smallest absolute Gasteiger partial charge is 0.378 e. The highest BCUT2D eigenvalue weighted by Gasteiger charge is 2.57. The molecule has 3 aliphatic rings. The van der Waals surface area contributed by atoms with Gasteiger partial charge in [0.05, 0.1) is 35.4 Å². The van der Waals surface area contributed by atoms with E-state index in [2.05, 4.69) is 20.8 Å². The third kappa shape index (κ3) is 5.28. The van der Waals surface area contributed by atoms with Gasteiger partial charge in [0.1, 0.15) is 11.8 Å². The molecule has 232 valence electrons. The summed E-state index contributed by atoms with van der Waals surface area (Å²) >= 11 is 1.88. The number of ether oxygens (including phenoxy) is 1. The van der Waals surface area contributed by atoms with Gasteiger partial charge in [0.2, 0.25) is 17.7 Å². The fourth-order valence-corrected chi connectivity index (χ4v) is 8.77. The predicted molar refractivity (Wildman–Crippen MR) is 160 cm³/mol. The zero-order valence-corrected chi connectivity index (χ0v) is 25.9. The Morgan fingerprint density at radius 3 is 2.25 bits per heavy atom. The maximum atomic E-state index is 14.1. The number of halogens is 3. The van der Waals surface area contributed by atoms with Crippen molar-refractivity contribution in [1.29, 1.82) is 0 Å². The lowest BCUT2D eigenvalue weighted by atomic mass is 9.81. The molecule has 0 spiro atoms. The quantitative estimate of drug-likeness (QED) is 0.376. The van der Waals surface area contributed by atoms with E-state index in [1.165, 1.54) is 16.7 Å². The molecule has 0 unspecified atom stereocenters. The van der Waals surface area contributed by atoms with Gasteiger partial charge in [-0.05, 0) is 28.7 Å². The molecular weight excluding hydrogens is 615 g/mol. The van der Waals surface area contributed by atoms with Gasteiger partial charge in [-0.3, -0.25) is 23.7 Å². The summed E-state index contributed by atoms with van der Waals surface area (Å²) < 4.78 is 48.7. The summed E-state index contributed by atoms with van der Waals surface area (Å²) in [4.78, 5) is 57.0. The van der Waals surface area contributed by atoms with Crippen molar-refractivity contribution in [2.24, 2.45) is 5.92 Å². The van der Waals surface area contributed by atoms with Crippen molar-refractivity contribution in [3.8, 4) is 0 Å². The zero-order valence-electron chi connectivity index (χ0n) is 24.2. The number of carbonyl (C=O) groups excluding carboxylic acids is 3. The molecule has 13 heteroatoms. The third-order valence-corrected chi connectivity index (χ3v) is 10.9. The van der Waals surface area contributed by atoms with Crippen LogP contribution in [0.5, 0.6) is 0 Å². The molecule has 0 bridgehead atoms. The van der Waals surface area contributed by atoms with E-state index in [1.807, 2.05) is 24.3 Å². The Balaban J connectivity index is 1.46. The monoisotopic (exact) mass is 645 g/mol. The Bertz CT molecular complexity index is 1690. The van der Waals surface area contributed by atoms with Crippen molar-refractivity contribution in [2.45, 2.75) is 55.1 Å². The summed E-state index contributed by atoms with van der Waals surface area (Å²) in [7, 11) is 0. The minimum absolute atomic E-state index is 0.167. The van der Waals surface area contributed by atoms with Crippen LogP contribution in [0.3, 0.4) is 0 Å². The molecule has 2 aromatic carbocycles. The number of nitrogens with zero attached hydrogens (tertiary/aromatic N) is 3. The van der Waals surface area contributed by atoms with E-state index in [1.54, 1.807) is 4.90 Å². The van der Waals surface area contributed by atoms with Gasteiger partial charge in [-0.25, -0.2) is 4.90 Å². The number of thioether (sulfide) groups is 1. The molecule has 0 aliphatic carbocycles. The Kier molecular flexibility index (Phi) is 7.78. The lowest BCUT2D eigenvalue weighted by molar-refractivity contribution is -0.137. The van der Waals surface area contributed by atoms with Gasteiger partial charge in [0, 0.05) is 23.9 Å². The topological polar surface area (TPSA) is 88.9 Å². The molecule has 8 nitrogen and oxygen atoms in total. The number of aromatic nitrogens is 1. The van der Waals surface area contributed by atoms with E-state index in [4.69, 9.17) is 4.74 Å². The van der Waals surface area contributed by atoms with Gasteiger partial charge < -0.3 is 9.64 Å². The molecule has 3 atom stereocenters.